The van der Waals surface area contributed by atoms with Crippen molar-refractivity contribution in [2.75, 3.05) is 72.6 Å². The molecule has 2 fully saturated rings. The van der Waals surface area contributed by atoms with Gasteiger partial charge in [0.15, 0.2) is 0 Å². The molecule has 0 radical (unpaired) electrons. The van der Waals surface area contributed by atoms with Crippen molar-refractivity contribution >= 4 is 5.91 Å². The Bertz CT molecular complexity index is 321. The molecule has 2 heterocycles. The van der Waals surface area contributed by atoms with Crippen LogP contribution in [0.1, 0.15) is 13.3 Å². The van der Waals surface area contributed by atoms with Crippen LogP contribution >= 0.6 is 0 Å². The van der Waals surface area contributed by atoms with Crippen LogP contribution in [0.5, 0.6) is 0 Å². The van der Waals surface area contributed by atoms with Gasteiger partial charge in [0.25, 0.3) is 0 Å². The molecule has 2 rings (SSSR count). The second-order valence-electron chi connectivity index (χ2n) is 6.06. The minimum atomic E-state index is 0.311. The zero-order valence-electron chi connectivity index (χ0n) is 13.5. The van der Waals surface area contributed by atoms with Crippen LogP contribution in [0.3, 0.4) is 0 Å². The maximum absolute atomic E-state index is 12.2. The van der Waals surface area contributed by atoms with Gasteiger partial charge >= 0.3 is 0 Å². The summed E-state index contributed by atoms with van der Waals surface area (Å²) in [5, 5.41) is 3.28. The molecule has 0 aromatic heterocycles. The zero-order valence-corrected chi connectivity index (χ0v) is 13.5. The molecule has 0 aromatic carbocycles. The van der Waals surface area contributed by atoms with Crippen molar-refractivity contribution in [2.45, 2.75) is 19.4 Å². The average Bonchev–Trinajstić information content (AvgIpc) is 2.52. The molecule has 0 spiro atoms. The highest BCUT2D eigenvalue weighted by Crippen LogP contribution is 2.10. The summed E-state index contributed by atoms with van der Waals surface area (Å²) in [4.78, 5) is 19.1. The molecule has 1 unspecified atom stereocenters. The first kappa shape index (κ1) is 16.7. The summed E-state index contributed by atoms with van der Waals surface area (Å²) in [6.07, 6.45) is 0.658. The quantitative estimate of drug-likeness (QED) is 0.714. The largest absolute Gasteiger partial charge is 0.383 e. The van der Waals surface area contributed by atoms with E-state index in [1.807, 2.05) is 4.90 Å². The number of carbonyl (C=O) groups is 1. The number of ether oxygens (including phenoxy) is 1. The third-order valence-corrected chi connectivity index (χ3v) is 4.54. The Hall–Kier alpha value is -0.690. The third kappa shape index (κ3) is 5.21. The average molecular weight is 298 g/mol. The zero-order chi connectivity index (χ0) is 15.1. The van der Waals surface area contributed by atoms with Gasteiger partial charge < -0.3 is 19.9 Å². The summed E-state index contributed by atoms with van der Waals surface area (Å²) in [5.74, 6) is 0.311. The van der Waals surface area contributed by atoms with E-state index in [4.69, 9.17) is 4.74 Å². The van der Waals surface area contributed by atoms with Gasteiger partial charge in [-0.25, -0.2) is 0 Å². The normalized spacial score (nSPS) is 25.2. The van der Waals surface area contributed by atoms with Crippen LogP contribution < -0.4 is 5.32 Å². The molecule has 2 saturated heterocycles. The van der Waals surface area contributed by atoms with Crippen molar-refractivity contribution in [3.8, 4) is 0 Å². The van der Waals surface area contributed by atoms with Gasteiger partial charge in [-0.05, 0) is 6.92 Å². The predicted molar refractivity (Wildman–Crippen MR) is 83.4 cm³/mol. The van der Waals surface area contributed by atoms with Crippen LogP contribution in [0, 0.1) is 0 Å². The summed E-state index contributed by atoms with van der Waals surface area (Å²) in [5.41, 5.74) is 0. The van der Waals surface area contributed by atoms with Crippen molar-refractivity contribution in [3.63, 3.8) is 0 Å². The highest BCUT2D eigenvalue weighted by atomic mass is 16.5. The number of methoxy groups -OCH3 is 1. The molecule has 6 heteroatoms. The maximum atomic E-state index is 12.2. The van der Waals surface area contributed by atoms with E-state index >= 15 is 0 Å². The maximum Gasteiger partial charge on any atom is 0.223 e. The Kier molecular flexibility index (Phi) is 6.89. The van der Waals surface area contributed by atoms with E-state index in [-0.39, 0.29) is 0 Å². The lowest BCUT2D eigenvalue weighted by atomic mass is 10.2. The third-order valence-electron chi connectivity index (χ3n) is 4.54. The highest BCUT2D eigenvalue weighted by Gasteiger charge is 2.24. The SMILES string of the molecule is COCCN1CCN(CCC(=O)N2CCNCC2)CC1C. The lowest BCUT2D eigenvalue weighted by Gasteiger charge is -2.40. The summed E-state index contributed by atoms with van der Waals surface area (Å²) in [6, 6.07) is 0.545. The number of amides is 1. The second kappa shape index (κ2) is 8.68. The number of carbonyl (C=O) groups excluding carboxylic acids is 1. The fraction of sp³-hybridized carbons (Fsp3) is 0.933. The van der Waals surface area contributed by atoms with E-state index in [0.29, 0.717) is 18.4 Å². The number of rotatable bonds is 6. The molecule has 0 saturated carbocycles. The van der Waals surface area contributed by atoms with Crippen LogP contribution in [-0.4, -0.2) is 99.3 Å². The monoisotopic (exact) mass is 298 g/mol. The van der Waals surface area contributed by atoms with E-state index < -0.39 is 0 Å². The molecular weight excluding hydrogens is 268 g/mol. The molecule has 1 atom stereocenters. The molecule has 2 aliphatic heterocycles. The number of nitrogens with zero attached hydrogens (tertiary/aromatic N) is 3. The smallest absolute Gasteiger partial charge is 0.223 e. The van der Waals surface area contributed by atoms with Gasteiger partial charge in [0, 0.05) is 78.5 Å². The summed E-state index contributed by atoms with van der Waals surface area (Å²) >= 11 is 0. The fourth-order valence-corrected chi connectivity index (χ4v) is 3.14. The van der Waals surface area contributed by atoms with Crippen LogP contribution in [0.4, 0.5) is 0 Å². The summed E-state index contributed by atoms with van der Waals surface area (Å²) in [6.45, 7) is 11.7. The minimum Gasteiger partial charge on any atom is -0.383 e. The number of piperazine rings is 2. The topological polar surface area (TPSA) is 48.1 Å². The molecule has 21 heavy (non-hydrogen) atoms. The van der Waals surface area contributed by atoms with Gasteiger partial charge in [-0.15, -0.1) is 0 Å². The standard InChI is InChI=1S/C15H30N4O2/c1-14-13-17(9-10-18(14)11-12-21-2)6-3-15(20)19-7-4-16-5-8-19/h14,16H,3-13H2,1-2H3. The van der Waals surface area contributed by atoms with E-state index in [9.17, 15) is 4.79 Å². The van der Waals surface area contributed by atoms with Gasteiger partial charge in [0.2, 0.25) is 5.91 Å². The molecule has 1 N–H and O–H groups in total. The fourth-order valence-electron chi connectivity index (χ4n) is 3.14. The Morgan fingerprint density at radius 1 is 1.19 bits per heavy atom. The first-order valence-electron chi connectivity index (χ1n) is 8.14. The molecule has 2 aliphatic rings. The summed E-state index contributed by atoms with van der Waals surface area (Å²) < 4.78 is 5.16. The molecule has 6 nitrogen and oxygen atoms in total. The van der Waals surface area contributed by atoms with Crippen LogP contribution in [0.25, 0.3) is 0 Å². The van der Waals surface area contributed by atoms with E-state index in [1.165, 1.54) is 0 Å². The van der Waals surface area contributed by atoms with Crippen molar-refractivity contribution in [1.82, 2.24) is 20.0 Å². The Balaban J connectivity index is 1.66. The molecular formula is C15H30N4O2. The van der Waals surface area contributed by atoms with Gasteiger partial charge in [0.1, 0.15) is 0 Å². The van der Waals surface area contributed by atoms with Crippen molar-refractivity contribution in [1.29, 1.82) is 0 Å². The first-order chi connectivity index (χ1) is 10.2. The van der Waals surface area contributed by atoms with Crippen molar-refractivity contribution in [2.24, 2.45) is 0 Å². The van der Waals surface area contributed by atoms with Crippen LogP contribution in [0.15, 0.2) is 0 Å². The molecule has 0 aliphatic carbocycles. The van der Waals surface area contributed by atoms with Crippen molar-refractivity contribution < 1.29 is 9.53 Å². The van der Waals surface area contributed by atoms with E-state index in [2.05, 4.69) is 22.0 Å². The lowest BCUT2D eigenvalue weighted by molar-refractivity contribution is -0.132. The molecule has 0 aromatic rings. The minimum absolute atomic E-state index is 0.311. The van der Waals surface area contributed by atoms with Gasteiger partial charge in [-0.2, -0.15) is 0 Å². The first-order valence-corrected chi connectivity index (χ1v) is 8.14. The number of hydrogen-bond acceptors (Lipinski definition) is 5. The van der Waals surface area contributed by atoms with Gasteiger partial charge in [-0.3, -0.25) is 9.69 Å². The van der Waals surface area contributed by atoms with E-state index in [0.717, 1.165) is 65.5 Å². The second-order valence-corrected chi connectivity index (χ2v) is 6.06. The van der Waals surface area contributed by atoms with Crippen LogP contribution in [-0.2, 0) is 9.53 Å². The number of nitrogens with one attached hydrogen (secondary N) is 1. The lowest BCUT2D eigenvalue weighted by Crippen LogP contribution is -2.53. The molecule has 0 bridgehead atoms. The number of hydrogen-bond donors (Lipinski definition) is 1. The molecule has 122 valence electrons. The molecule has 1 amide bonds. The van der Waals surface area contributed by atoms with Gasteiger partial charge in [-0.1, -0.05) is 0 Å². The van der Waals surface area contributed by atoms with E-state index in [1.54, 1.807) is 7.11 Å². The van der Waals surface area contributed by atoms with Crippen LogP contribution in [0.2, 0.25) is 0 Å². The Labute approximate surface area is 128 Å². The highest BCUT2D eigenvalue weighted by molar-refractivity contribution is 5.76. The predicted octanol–water partition coefficient (Wildman–Crippen LogP) is -0.539. The Morgan fingerprint density at radius 3 is 2.62 bits per heavy atom. The Morgan fingerprint density at radius 2 is 1.95 bits per heavy atom. The summed E-state index contributed by atoms with van der Waals surface area (Å²) in [7, 11) is 1.75. The van der Waals surface area contributed by atoms with Gasteiger partial charge in [0.05, 0.1) is 6.61 Å². The van der Waals surface area contributed by atoms with Crippen molar-refractivity contribution in [3.05, 3.63) is 0 Å².